The first kappa shape index (κ1) is 18.5. The summed E-state index contributed by atoms with van der Waals surface area (Å²) in [4.78, 5) is 0. The summed E-state index contributed by atoms with van der Waals surface area (Å²) >= 11 is 0. The summed E-state index contributed by atoms with van der Waals surface area (Å²) in [6, 6.07) is 24.6. The summed E-state index contributed by atoms with van der Waals surface area (Å²) in [6.45, 7) is 1.63. The zero-order valence-corrected chi connectivity index (χ0v) is 16.7. The van der Waals surface area contributed by atoms with Crippen LogP contribution >= 0.6 is 0 Å². The third-order valence-electron chi connectivity index (χ3n) is 5.13. The number of aryl methyl sites for hydroxylation is 2. The summed E-state index contributed by atoms with van der Waals surface area (Å²) < 4.78 is 26.5. The Morgan fingerprint density at radius 3 is 2.07 bits per heavy atom. The summed E-state index contributed by atoms with van der Waals surface area (Å²) in [5, 5.41) is 0. The Balaban J connectivity index is 1.84. The van der Waals surface area contributed by atoms with Gasteiger partial charge in [-0.1, -0.05) is 60.7 Å². The molecule has 0 aromatic heterocycles. The fraction of sp³-hybridized carbons (Fsp3) is 0.167. The average Bonchev–Trinajstić information content (AvgIpc) is 2.86. The van der Waals surface area contributed by atoms with Gasteiger partial charge in [-0.05, 0) is 71.4 Å². The molecule has 0 bridgehead atoms. The van der Waals surface area contributed by atoms with Crippen LogP contribution in [0.15, 0.2) is 72.8 Å². The number of hydrogen-bond donors (Lipinski definition) is 1. The number of hydrogen-bond acceptors (Lipinski definition) is 2. The van der Waals surface area contributed by atoms with Gasteiger partial charge in [0.05, 0.1) is 5.75 Å². The van der Waals surface area contributed by atoms with E-state index in [0.29, 0.717) is 5.69 Å². The van der Waals surface area contributed by atoms with Gasteiger partial charge in [-0.2, -0.15) is 0 Å². The van der Waals surface area contributed by atoms with Crippen LogP contribution in [0.5, 0.6) is 0 Å². The molecular formula is C24H23NO2S. The van der Waals surface area contributed by atoms with Crippen molar-refractivity contribution < 1.29 is 8.42 Å². The van der Waals surface area contributed by atoms with Crippen molar-refractivity contribution in [3.63, 3.8) is 0 Å². The largest absolute Gasteiger partial charge is 0.284 e. The summed E-state index contributed by atoms with van der Waals surface area (Å²) in [6.07, 6.45) is 4.19. The molecule has 0 heterocycles. The van der Waals surface area contributed by atoms with Gasteiger partial charge in [0.1, 0.15) is 0 Å². The molecule has 0 unspecified atom stereocenters. The SMILES string of the molecule is CCS(=O)(=O)Nc1cccc(C=C2c3ccccc3CCc3ccccc32)c1. The van der Waals surface area contributed by atoms with E-state index in [-0.39, 0.29) is 5.75 Å². The molecule has 0 saturated carbocycles. The molecule has 3 aromatic rings. The van der Waals surface area contributed by atoms with Crippen LogP contribution in [-0.2, 0) is 22.9 Å². The molecule has 1 aliphatic carbocycles. The molecule has 142 valence electrons. The van der Waals surface area contributed by atoms with E-state index in [1.807, 2.05) is 18.2 Å². The van der Waals surface area contributed by atoms with Crippen molar-refractivity contribution in [1.82, 2.24) is 0 Å². The molecule has 0 saturated heterocycles. The molecule has 0 fully saturated rings. The van der Waals surface area contributed by atoms with E-state index < -0.39 is 10.0 Å². The van der Waals surface area contributed by atoms with Crippen LogP contribution in [0, 0.1) is 0 Å². The van der Waals surface area contributed by atoms with Crippen molar-refractivity contribution in [2.45, 2.75) is 19.8 Å². The van der Waals surface area contributed by atoms with Gasteiger partial charge in [-0.3, -0.25) is 4.72 Å². The molecule has 4 heteroatoms. The van der Waals surface area contributed by atoms with Gasteiger partial charge < -0.3 is 0 Å². The fourth-order valence-corrected chi connectivity index (χ4v) is 4.31. The van der Waals surface area contributed by atoms with Gasteiger partial charge in [-0.15, -0.1) is 0 Å². The highest BCUT2D eigenvalue weighted by atomic mass is 32.2. The maximum absolute atomic E-state index is 11.9. The molecular weight excluding hydrogens is 366 g/mol. The van der Waals surface area contributed by atoms with Gasteiger partial charge in [0, 0.05) is 5.69 Å². The first-order chi connectivity index (χ1) is 13.6. The minimum absolute atomic E-state index is 0.0546. The Labute approximate surface area is 166 Å². The molecule has 0 radical (unpaired) electrons. The van der Waals surface area contributed by atoms with E-state index in [1.54, 1.807) is 13.0 Å². The number of rotatable bonds is 4. The van der Waals surface area contributed by atoms with Crippen molar-refractivity contribution in [2.24, 2.45) is 0 Å². The monoisotopic (exact) mass is 389 g/mol. The summed E-state index contributed by atoms with van der Waals surface area (Å²) in [5.41, 5.74) is 7.91. The number of sulfonamides is 1. The molecule has 3 aromatic carbocycles. The highest BCUT2D eigenvalue weighted by molar-refractivity contribution is 7.92. The second-order valence-corrected chi connectivity index (χ2v) is 9.01. The number of anilines is 1. The molecule has 0 aliphatic heterocycles. The Bertz CT molecular complexity index is 1100. The normalized spacial score (nSPS) is 13.2. The predicted molar refractivity (Wildman–Crippen MR) is 117 cm³/mol. The summed E-state index contributed by atoms with van der Waals surface area (Å²) in [5.74, 6) is 0.0546. The first-order valence-corrected chi connectivity index (χ1v) is 11.2. The minimum Gasteiger partial charge on any atom is -0.284 e. The Hall–Kier alpha value is -2.85. The lowest BCUT2D eigenvalue weighted by Crippen LogP contribution is -2.14. The van der Waals surface area contributed by atoms with Crippen molar-refractivity contribution >= 4 is 27.4 Å². The first-order valence-electron chi connectivity index (χ1n) is 9.54. The molecule has 0 spiro atoms. The summed E-state index contributed by atoms with van der Waals surface area (Å²) in [7, 11) is -3.30. The Morgan fingerprint density at radius 2 is 1.46 bits per heavy atom. The number of fused-ring (bicyclic) bond motifs is 2. The lowest BCUT2D eigenvalue weighted by Gasteiger charge is -2.13. The van der Waals surface area contributed by atoms with E-state index in [0.717, 1.165) is 18.4 Å². The molecule has 0 atom stereocenters. The van der Waals surface area contributed by atoms with Gasteiger partial charge in [0.2, 0.25) is 10.0 Å². The van der Waals surface area contributed by atoms with Crippen LogP contribution in [0.2, 0.25) is 0 Å². The van der Waals surface area contributed by atoms with Crippen LogP contribution in [0.25, 0.3) is 11.6 Å². The van der Waals surface area contributed by atoms with Gasteiger partial charge in [-0.25, -0.2) is 8.42 Å². The van der Waals surface area contributed by atoms with Crippen LogP contribution in [0.1, 0.15) is 34.7 Å². The second-order valence-electron chi connectivity index (χ2n) is 7.00. The van der Waals surface area contributed by atoms with Crippen LogP contribution < -0.4 is 4.72 Å². The van der Waals surface area contributed by atoms with Crippen molar-refractivity contribution in [2.75, 3.05) is 10.5 Å². The van der Waals surface area contributed by atoms with E-state index in [1.165, 1.54) is 27.8 Å². The van der Waals surface area contributed by atoms with Crippen molar-refractivity contribution in [1.29, 1.82) is 0 Å². The molecule has 1 N–H and O–H groups in total. The average molecular weight is 390 g/mol. The molecule has 4 rings (SSSR count). The maximum Gasteiger partial charge on any atom is 0.232 e. The van der Waals surface area contributed by atoms with E-state index in [2.05, 4.69) is 59.3 Å². The third kappa shape index (κ3) is 3.87. The van der Waals surface area contributed by atoms with Crippen LogP contribution in [0.3, 0.4) is 0 Å². The molecule has 28 heavy (non-hydrogen) atoms. The highest BCUT2D eigenvalue weighted by Gasteiger charge is 2.17. The standard InChI is InChI=1S/C24H23NO2S/c1-2-28(26,27)25-21-11-7-8-18(16-21)17-24-22-12-5-3-9-19(22)14-15-20-10-4-6-13-23(20)24/h3-13,16-17,25H,2,14-15H2,1H3. The van der Waals surface area contributed by atoms with Gasteiger partial charge in [0.25, 0.3) is 0 Å². The van der Waals surface area contributed by atoms with E-state index in [4.69, 9.17) is 0 Å². The third-order valence-corrected chi connectivity index (χ3v) is 6.44. The lowest BCUT2D eigenvalue weighted by atomic mass is 9.92. The van der Waals surface area contributed by atoms with E-state index >= 15 is 0 Å². The van der Waals surface area contributed by atoms with Crippen LogP contribution in [0.4, 0.5) is 5.69 Å². The predicted octanol–water partition coefficient (Wildman–Crippen LogP) is 5.14. The van der Waals surface area contributed by atoms with Crippen molar-refractivity contribution in [3.8, 4) is 0 Å². The fourth-order valence-electron chi connectivity index (χ4n) is 3.68. The highest BCUT2D eigenvalue weighted by Crippen LogP contribution is 2.35. The smallest absolute Gasteiger partial charge is 0.232 e. The number of benzene rings is 3. The zero-order valence-electron chi connectivity index (χ0n) is 15.9. The van der Waals surface area contributed by atoms with Crippen LogP contribution in [-0.4, -0.2) is 14.2 Å². The zero-order chi connectivity index (χ0) is 19.6. The van der Waals surface area contributed by atoms with Gasteiger partial charge in [0.15, 0.2) is 0 Å². The van der Waals surface area contributed by atoms with Crippen molar-refractivity contribution in [3.05, 3.63) is 101 Å². The molecule has 3 nitrogen and oxygen atoms in total. The molecule has 1 aliphatic rings. The maximum atomic E-state index is 11.9. The topological polar surface area (TPSA) is 46.2 Å². The van der Waals surface area contributed by atoms with E-state index in [9.17, 15) is 8.42 Å². The Kier molecular flexibility index (Phi) is 5.05. The van der Waals surface area contributed by atoms with Gasteiger partial charge >= 0.3 is 0 Å². The Morgan fingerprint density at radius 1 is 0.857 bits per heavy atom. The minimum atomic E-state index is -3.30. The number of nitrogens with one attached hydrogen (secondary N) is 1. The second kappa shape index (κ2) is 7.64. The molecule has 0 amide bonds. The lowest BCUT2D eigenvalue weighted by molar-refractivity contribution is 0.602. The quantitative estimate of drug-likeness (QED) is 0.672.